The molecular weight excluding hydrogens is 460 g/mol. The third-order valence-corrected chi connectivity index (χ3v) is 6.16. The van der Waals surface area contributed by atoms with Crippen molar-refractivity contribution in [1.29, 1.82) is 0 Å². The van der Waals surface area contributed by atoms with Crippen LogP contribution < -0.4 is 16.6 Å². The average Bonchev–Trinajstić information content (AvgIpc) is 3.25. The van der Waals surface area contributed by atoms with Crippen LogP contribution in [0.2, 0.25) is 5.02 Å². The van der Waals surface area contributed by atoms with Crippen LogP contribution in [-0.4, -0.2) is 15.0 Å². The lowest BCUT2D eigenvalue weighted by molar-refractivity contribution is -0.121. The summed E-state index contributed by atoms with van der Waals surface area (Å²) in [6.45, 7) is -0.582. The van der Waals surface area contributed by atoms with E-state index in [9.17, 15) is 23.2 Å². The Balaban J connectivity index is 1.64. The fourth-order valence-corrected chi connectivity index (χ4v) is 4.36. The lowest BCUT2D eigenvalue weighted by atomic mass is 10.2. The largest absolute Gasteiger partial charge is 0.350 e. The van der Waals surface area contributed by atoms with Gasteiger partial charge in [-0.05, 0) is 35.2 Å². The molecule has 32 heavy (non-hydrogen) atoms. The first-order chi connectivity index (χ1) is 15.3. The number of amides is 1. The van der Waals surface area contributed by atoms with Crippen LogP contribution in [0.15, 0.2) is 63.5 Å². The minimum absolute atomic E-state index is 0.0361. The lowest BCUT2D eigenvalue weighted by Gasteiger charge is -2.13. The third-order valence-electron chi connectivity index (χ3n) is 4.92. The topological polar surface area (TPSA) is 73.1 Å². The predicted octanol–water partition coefficient (Wildman–Crippen LogP) is 3.52. The van der Waals surface area contributed by atoms with Gasteiger partial charge in [0.1, 0.15) is 22.9 Å². The number of hydrogen-bond acceptors (Lipinski definition) is 4. The highest BCUT2D eigenvalue weighted by molar-refractivity contribution is 7.17. The number of nitrogens with zero attached hydrogens (tertiary/aromatic N) is 2. The number of nitrogens with one attached hydrogen (secondary N) is 1. The molecule has 10 heteroatoms. The molecule has 2 aromatic carbocycles. The van der Waals surface area contributed by atoms with E-state index in [1.54, 1.807) is 17.5 Å². The van der Waals surface area contributed by atoms with Gasteiger partial charge in [0.25, 0.3) is 5.56 Å². The molecule has 2 aromatic heterocycles. The molecule has 164 valence electrons. The number of carbonyl (C=O) groups excluding carboxylic acids is 1. The predicted molar refractivity (Wildman–Crippen MR) is 119 cm³/mol. The van der Waals surface area contributed by atoms with Crippen LogP contribution in [0.1, 0.15) is 11.1 Å². The highest BCUT2D eigenvalue weighted by Gasteiger charge is 2.17. The van der Waals surface area contributed by atoms with Crippen molar-refractivity contribution in [3.63, 3.8) is 0 Å². The van der Waals surface area contributed by atoms with Gasteiger partial charge >= 0.3 is 5.69 Å². The van der Waals surface area contributed by atoms with E-state index in [0.29, 0.717) is 11.1 Å². The molecule has 6 nitrogen and oxygen atoms in total. The van der Waals surface area contributed by atoms with Crippen molar-refractivity contribution < 1.29 is 13.6 Å². The molecule has 1 N–H and O–H groups in total. The minimum Gasteiger partial charge on any atom is -0.350 e. The Morgan fingerprint density at radius 2 is 1.81 bits per heavy atom. The Hall–Kier alpha value is -3.30. The Labute approximate surface area is 189 Å². The molecule has 0 aliphatic heterocycles. The van der Waals surface area contributed by atoms with E-state index >= 15 is 0 Å². The van der Waals surface area contributed by atoms with E-state index in [4.69, 9.17) is 11.6 Å². The summed E-state index contributed by atoms with van der Waals surface area (Å²) in [5.41, 5.74) is -0.245. The number of carbonyl (C=O) groups is 1. The first-order valence-electron chi connectivity index (χ1n) is 9.50. The van der Waals surface area contributed by atoms with E-state index < -0.39 is 28.8 Å². The maximum Gasteiger partial charge on any atom is 0.332 e. The number of benzene rings is 2. The number of aromatic nitrogens is 2. The molecule has 0 aliphatic rings. The van der Waals surface area contributed by atoms with Crippen LogP contribution in [0.25, 0.3) is 10.2 Å². The van der Waals surface area contributed by atoms with Crippen LogP contribution in [0.4, 0.5) is 8.78 Å². The van der Waals surface area contributed by atoms with Crippen LogP contribution >= 0.6 is 22.9 Å². The number of hydrogen-bond donors (Lipinski definition) is 1. The average molecular weight is 476 g/mol. The van der Waals surface area contributed by atoms with Gasteiger partial charge in [-0.3, -0.25) is 18.7 Å². The van der Waals surface area contributed by atoms with Crippen LogP contribution in [0.3, 0.4) is 0 Å². The Morgan fingerprint density at radius 1 is 1.03 bits per heavy atom. The fourth-order valence-electron chi connectivity index (χ4n) is 3.28. The molecule has 0 atom stereocenters. The minimum atomic E-state index is -0.723. The Kier molecular flexibility index (Phi) is 6.20. The quantitative estimate of drug-likeness (QED) is 0.464. The van der Waals surface area contributed by atoms with Crippen molar-refractivity contribution in [2.75, 3.05) is 0 Å². The molecule has 0 radical (unpaired) electrons. The molecule has 0 aliphatic carbocycles. The molecule has 2 heterocycles. The Bertz CT molecular complexity index is 1440. The maximum atomic E-state index is 14.1. The van der Waals surface area contributed by atoms with E-state index in [2.05, 4.69) is 5.32 Å². The van der Waals surface area contributed by atoms with Crippen molar-refractivity contribution in [1.82, 2.24) is 14.5 Å². The highest BCUT2D eigenvalue weighted by Crippen LogP contribution is 2.18. The van der Waals surface area contributed by atoms with Crippen molar-refractivity contribution in [3.05, 3.63) is 103 Å². The second-order valence-electron chi connectivity index (χ2n) is 7.00. The van der Waals surface area contributed by atoms with Crippen molar-refractivity contribution in [3.8, 4) is 0 Å². The van der Waals surface area contributed by atoms with Gasteiger partial charge in [-0.15, -0.1) is 11.3 Å². The summed E-state index contributed by atoms with van der Waals surface area (Å²) >= 11 is 7.11. The van der Waals surface area contributed by atoms with Crippen molar-refractivity contribution >= 4 is 39.1 Å². The summed E-state index contributed by atoms with van der Waals surface area (Å²) in [5.74, 6) is -1.53. The molecule has 1 amide bonds. The summed E-state index contributed by atoms with van der Waals surface area (Å²) in [6.07, 6.45) is 0. The number of thiophene rings is 1. The second kappa shape index (κ2) is 9.05. The van der Waals surface area contributed by atoms with Gasteiger partial charge in [-0.1, -0.05) is 35.9 Å². The zero-order valence-corrected chi connectivity index (χ0v) is 18.1. The molecule has 0 spiro atoms. The van der Waals surface area contributed by atoms with Gasteiger partial charge in [0.2, 0.25) is 5.91 Å². The summed E-state index contributed by atoms with van der Waals surface area (Å²) < 4.78 is 29.7. The zero-order chi connectivity index (χ0) is 22.8. The standard InChI is InChI=1S/C22H16ClF2N3O3S/c23-16-9-15(24)6-5-13(16)10-26-19(29)12-27-18-7-8-32-20(18)21(30)28(22(27)31)11-14-3-1-2-4-17(14)25/h1-9H,10-12H2,(H,26,29). The smallest absolute Gasteiger partial charge is 0.332 e. The van der Waals surface area contributed by atoms with Crippen molar-refractivity contribution in [2.45, 2.75) is 19.6 Å². The lowest BCUT2D eigenvalue weighted by Crippen LogP contribution is -2.42. The third kappa shape index (κ3) is 4.35. The summed E-state index contributed by atoms with van der Waals surface area (Å²) in [6, 6.07) is 11.3. The SMILES string of the molecule is O=C(Cn1c(=O)n(Cc2ccccc2F)c(=O)c2sccc21)NCc1ccc(F)cc1Cl. The first kappa shape index (κ1) is 21.9. The van der Waals surface area contributed by atoms with Crippen LogP contribution in [0.5, 0.6) is 0 Å². The maximum absolute atomic E-state index is 14.1. The van der Waals surface area contributed by atoms with Crippen LogP contribution in [0, 0.1) is 11.6 Å². The van der Waals surface area contributed by atoms with Crippen LogP contribution in [-0.2, 0) is 24.4 Å². The summed E-state index contributed by atoms with van der Waals surface area (Å²) in [5, 5.41) is 4.45. The van der Waals surface area contributed by atoms with E-state index in [1.165, 1.54) is 34.9 Å². The van der Waals surface area contributed by atoms with E-state index in [1.807, 2.05) is 0 Å². The molecular formula is C22H16ClF2N3O3S. The molecule has 0 bridgehead atoms. The number of rotatable bonds is 6. The van der Waals surface area contributed by atoms with Crippen molar-refractivity contribution in [2.24, 2.45) is 0 Å². The van der Waals surface area contributed by atoms with Gasteiger partial charge in [-0.2, -0.15) is 0 Å². The highest BCUT2D eigenvalue weighted by atomic mass is 35.5. The monoisotopic (exact) mass is 475 g/mol. The van der Waals surface area contributed by atoms with Gasteiger partial charge in [0.15, 0.2) is 0 Å². The molecule has 0 unspecified atom stereocenters. The zero-order valence-electron chi connectivity index (χ0n) is 16.5. The Morgan fingerprint density at radius 3 is 2.56 bits per heavy atom. The summed E-state index contributed by atoms with van der Waals surface area (Å²) in [4.78, 5) is 38.5. The van der Waals surface area contributed by atoms with E-state index in [-0.39, 0.29) is 34.9 Å². The van der Waals surface area contributed by atoms with E-state index in [0.717, 1.165) is 22.0 Å². The fraction of sp³-hybridized carbons (Fsp3) is 0.136. The normalized spacial score (nSPS) is 11.1. The summed E-state index contributed by atoms with van der Waals surface area (Å²) in [7, 11) is 0. The van der Waals surface area contributed by atoms with Gasteiger partial charge in [0, 0.05) is 17.1 Å². The second-order valence-corrected chi connectivity index (χ2v) is 8.32. The number of fused-ring (bicyclic) bond motifs is 1. The number of halogens is 3. The van der Waals surface area contributed by atoms with Gasteiger partial charge in [-0.25, -0.2) is 13.6 Å². The molecule has 0 saturated heterocycles. The molecule has 4 aromatic rings. The molecule has 0 saturated carbocycles. The first-order valence-corrected chi connectivity index (χ1v) is 10.8. The molecule has 4 rings (SSSR count). The van der Waals surface area contributed by atoms with Gasteiger partial charge in [0.05, 0.1) is 12.1 Å². The molecule has 0 fully saturated rings. The van der Waals surface area contributed by atoms with Gasteiger partial charge < -0.3 is 5.32 Å².